The Kier molecular flexibility index (Phi) is 8.07. The molecule has 0 unspecified atom stereocenters. The van der Waals surface area contributed by atoms with Gasteiger partial charge in [0.05, 0.1) is 18.2 Å². The standard InChI is InChI=1S/C29H36N2O6/c1-5-30(6-2)13-8-14-31-26(19-9-11-22(32)24(17-19)36-7-3)25(28(34)29(31)35)27(33)20-10-12-23-21(16-20)15-18(4)37-23/h9-12,16-18,26,32-33H,5-8,13-15H2,1-4H3/t18-,26-/m1/s1. The topological polar surface area (TPSA) is 99.5 Å². The number of aromatic hydroxyl groups is 1. The zero-order valence-corrected chi connectivity index (χ0v) is 22.0. The first-order valence-corrected chi connectivity index (χ1v) is 13.0. The van der Waals surface area contributed by atoms with Crippen molar-refractivity contribution in [1.82, 2.24) is 9.80 Å². The van der Waals surface area contributed by atoms with Crippen LogP contribution in [0, 0.1) is 0 Å². The van der Waals surface area contributed by atoms with Gasteiger partial charge in [0.15, 0.2) is 11.5 Å². The van der Waals surface area contributed by atoms with Crippen molar-refractivity contribution in [2.24, 2.45) is 0 Å². The van der Waals surface area contributed by atoms with E-state index >= 15 is 0 Å². The number of Topliss-reactive ketones (excluding diaryl/α,β-unsaturated/α-hetero) is 1. The monoisotopic (exact) mass is 508 g/mol. The molecule has 0 bridgehead atoms. The molecule has 2 aliphatic rings. The van der Waals surface area contributed by atoms with Gasteiger partial charge in [-0.25, -0.2) is 0 Å². The number of rotatable bonds is 10. The molecule has 0 radical (unpaired) electrons. The van der Waals surface area contributed by atoms with E-state index in [9.17, 15) is 19.8 Å². The first kappa shape index (κ1) is 26.5. The lowest BCUT2D eigenvalue weighted by Gasteiger charge is -2.27. The largest absolute Gasteiger partial charge is 0.507 e. The van der Waals surface area contributed by atoms with E-state index in [0.29, 0.717) is 37.1 Å². The Balaban J connectivity index is 1.77. The number of carbonyl (C=O) groups excluding carboxylic acids is 2. The van der Waals surface area contributed by atoms with Crippen LogP contribution in [-0.2, 0) is 16.0 Å². The molecule has 8 nitrogen and oxygen atoms in total. The molecule has 2 heterocycles. The van der Waals surface area contributed by atoms with Gasteiger partial charge in [-0.2, -0.15) is 0 Å². The zero-order valence-electron chi connectivity index (χ0n) is 22.0. The minimum absolute atomic E-state index is 0.0307. The van der Waals surface area contributed by atoms with Crippen molar-refractivity contribution in [3.63, 3.8) is 0 Å². The number of fused-ring (bicyclic) bond motifs is 1. The van der Waals surface area contributed by atoms with Gasteiger partial charge in [0.1, 0.15) is 17.6 Å². The fourth-order valence-corrected chi connectivity index (χ4v) is 5.16. The summed E-state index contributed by atoms with van der Waals surface area (Å²) in [6, 6.07) is 9.30. The normalized spacial score (nSPS) is 20.4. The van der Waals surface area contributed by atoms with Gasteiger partial charge in [-0.15, -0.1) is 0 Å². The maximum atomic E-state index is 13.4. The molecule has 2 atom stereocenters. The molecule has 2 N–H and O–H groups in total. The van der Waals surface area contributed by atoms with E-state index in [0.717, 1.165) is 30.9 Å². The van der Waals surface area contributed by atoms with Crippen LogP contribution in [0.2, 0.25) is 0 Å². The average molecular weight is 509 g/mol. The van der Waals surface area contributed by atoms with E-state index in [4.69, 9.17) is 9.47 Å². The fraction of sp³-hybridized carbons (Fsp3) is 0.448. The predicted molar refractivity (Wildman–Crippen MR) is 141 cm³/mol. The molecular formula is C29H36N2O6. The molecule has 0 saturated carbocycles. The van der Waals surface area contributed by atoms with E-state index in [1.165, 1.54) is 11.0 Å². The lowest BCUT2D eigenvalue weighted by atomic mass is 9.94. The number of likely N-dealkylation sites (tertiary alicyclic amines) is 1. The number of aliphatic hydroxyl groups is 1. The number of phenols is 1. The van der Waals surface area contributed by atoms with Gasteiger partial charge in [0.25, 0.3) is 11.7 Å². The third-order valence-corrected chi connectivity index (χ3v) is 7.08. The van der Waals surface area contributed by atoms with E-state index in [-0.39, 0.29) is 28.9 Å². The molecule has 2 aromatic carbocycles. The highest BCUT2D eigenvalue weighted by molar-refractivity contribution is 6.46. The molecular weight excluding hydrogens is 472 g/mol. The summed E-state index contributed by atoms with van der Waals surface area (Å²) in [4.78, 5) is 30.4. The molecule has 198 valence electrons. The third kappa shape index (κ3) is 5.30. The number of ether oxygens (including phenoxy) is 2. The molecule has 0 spiro atoms. The summed E-state index contributed by atoms with van der Waals surface area (Å²) in [5.41, 5.74) is 2.03. The number of phenolic OH excluding ortho intramolecular Hbond substituents is 1. The number of aliphatic hydroxyl groups excluding tert-OH is 1. The number of carbonyl (C=O) groups is 2. The number of benzene rings is 2. The van der Waals surface area contributed by atoms with Crippen LogP contribution in [0.25, 0.3) is 5.76 Å². The van der Waals surface area contributed by atoms with Crippen LogP contribution >= 0.6 is 0 Å². The minimum Gasteiger partial charge on any atom is -0.507 e. The molecule has 1 fully saturated rings. The van der Waals surface area contributed by atoms with Gasteiger partial charge in [0, 0.05) is 18.5 Å². The Hall–Kier alpha value is -3.52. The Morgan fingerprint density at radius 2 is 1.89 bits per heavy atom. The number of hydrogen-bond acceptors (Lipinski definition) is 7. The summed E-state index contributed by atoms with van der Waals surface area (Å²) >= 11 is 0. The summed E-state index contributed by atoms with van der Waals surface area (Å²) < 4.78 is 11.3. The van der Waals surface area contributed by atoms with Gasteiger partial charge in [0.2, 0.25) is 0 Å². The quantitative estimate of drug-likeness (QED) is 0.281. The summed E-state index contributed by atoms with van der Waals surface area (Å²) in [5, 5.41) is 21.7. The Morgan fingerprint density at radius 3 is 2.59 bits per heavy atom. The highest BCUT2D eigenvalue weighted by Gasteiger charge is 2.46. The minimum atomic E-state index is -0.806. The second kappa shape index (κ2) is 11.3. The van der Waals surface area contributed by atoms with Gasteiger partial charge < -0.3 is 29.5 Å². The highest BCUT2D eigenvalue weighted by Crippen LogP contribution is 2.42. The molecule has 1 amide bonds. The number of hydrogen-bond donors (Lipinski definition) is 2. The van der Waals surface area contributed by atoms with Crippen molar-refractivity contribution in [3.8, 4) is 17.2 Å². The van der Waals surface area contributed by atoms with Crippen LogP contribution in [-0.4, -0.2) is 70.6 Å². The molecule has 37 heavy (non-hydrogen) atoms. The molecule has 4 rings (SSSR count). The van der Waals surface area contributed by atoms with Crippen LogP contribution < -0.4 is 9.47 Å². The van der Waals surface area contributed by atoms with Crippen molar-refractivity contribution in [2.75, 3.05) is 32.8 Å². The Morgan fingerprint density at radius 1 is 1.14 bits per heavy atom. The maximum absolute atomic E-state index is 13.4. The molecule has 2 aromatic rings. The molecule has 8 heteroatoms. The summed E-state index contributed by atoms with van der Waals surface area (Å²) in [7, 11) is 0. The van der Waals surface area contributed by atoms with E-state index < -0.39 is 17.7 Å². The predicted octanol–water partition coefficient (Wildman–Crippen LogP) is 4.27. The summed E-state index contributed by atoms with van der Waals surface area (Å²) in [5.74, 6) is -0.591. The number of ketones is 1. The number of amides is 1. The maximum Gasteiger partial charge on any atom is 0.295 e. The number of nitrogens with zero attached hydrogens (tertiary/aromatic N) is 2. The Bertz CT molecular complexity index is 1200. The van der Waals surface area contributed by atoms with Crippen LogP contribution in [0.4, 0.5) is 0 Å². The zero-order chi connectivity index (χ0) is 26.7. The lowest BCUT2D eigenvalue weighted by Crippen LogP contribution is -2.33. The smallest absolute Gasteiger partial charge is 0.295 e. The van der Waals surface area contributed by atoms with E-state index in [2.05, 4.69) is 18.7 Å². The Labute approximate surface area is 218 Å². The lowest BCUT2D eigenvalue weighted by molar-refractivity contribution is -0.140. The second-order valence-electron chi connectivity index (χ2n) is 9.49. The second-order valence-corrected chi connectivity index (χ2v) is 9.49. The van der Waals surface area contributed by atoms with Crippen molar-refractivity contribution < 1.29 is 29.3 Å². The average Bonchev–Trinajstić information content (AvgIpc) is 3.38. The van der Waals surface area contributed by atoms with Gasteiger partial charge in [-0.05, 0) is 81.4 Å². The highest BCUT2D eigenvalue weighted by atomic mass is 16.5. The van der Waals surface area contributed by atoms with Crippen LogP contribution in [0.15, 0.2) is 42.0 Å². The van der Waals surface area contributed by atoms with Gasteiger partial charge in [-0.1, -0.05) is 19.9 Å². The van der Waals surface area contributed by atoms with Crippen molar-refractivity contribution in [3.05, 3.63) is 58.7 Å². The van der Waals surface area contributed by atoms with Crippen LogP contribution in [0.3, 0.4) is 0 Å². The van der Waals surface area contributed by atoms with Crippen LogP contribution in [0.1, 0.15) is 56.8 Å². The third-order valence-electron chi connectivity index (χ3n) is 7.08. The summed E-state index contributed by atoms with van der Waals surface area (Å²) in [6.07, 6.45) is 1.42. The van der Waals surface area contributed by atoms with Gasteiger partial charge >= 0.3 is 0 Å². The first-order valence-electron chi connectivity index (χ1n) is 13.0. The SMILES string of the molecule is CCOc1cc([C@@H]2C(=C(O)c3ccc4c(c3)C[C@@H](C)O4)C(=O)C(=O)N2CCCN(CC)CC)ccc1O. The van der Waals surface area contributed by atoms with Crippen LogP contribution in [0.5, 0.6) is 17.2 Å². The van der Waals surface area contributed by atoms with E-state index in [1.807, 2.05) is 19.9 Å². The molecule has 0 aromatic heterocycles. The van der Waals surface area contributed by atoms with E-state index in [1.54, 1.807) is 24.3 Å². The van der Waals surface area contributed by atoms with Gasteiger partial charge in [-0.3, -0.25) is 9.59 Å². The van der Waals surface area contributed by atoms with Crippen molar-refractivity contribution in [1.29, 1.82) is 0 Å². The molecule has 1 saturated heterocycles. The fourth-order valence-electron chi connectivity index (χ4n) is 5.16. The first-order chi connectivity index (χ1) is 17.8. The molecule has 2 aliphatic heterocycles. The van der Waals surface area contributed by atoms with Crippen molar-refractivity contribution in [2.45, 2.75) is 52.7 Å². The van der Waals surface area contributed by atoms with Crippen molar-refractivity contribution >= 4 is 17.4 Å². The molecule has 0 aliphatic carbocycles. The summed E-state index contributed by atoms with van der Waals surface area (Å²) in [6.45, 7) is 11.2.